The molecule has 1 fully saturated rings. The third-order valence-electron chi connectivity index (χ3n) is 5.51. The minimum atomic E-state index is -0.392. The van der Waals surface area contributed by atoms with Crippen LogP contribution in [-0.2, 0) is 0 Å². The predicted octanol–water partition coefficient (Wildman–Crippen LogP) is 3.88. The summed E-state index contributed by atoms with van der Waals surface area (Å²) in [7, 11) is 0. The Morgan fingerprint density at radius 3 is 2.55 bits per heavy atom. The first-order chi connectivity index (χ1) is 13.9. The number of nitrogens with zero attached hydrogens (tertiary/aromatic N) is 1. The van der Waals surface area contributed by atoms with E-state index in [4.69, 9.17) is 8.83 Å². The van der Waals surface area contributed by atoms with Gasteiger partial charge < -0.3 is 14.2 Å². The van der Waals surface area contributed by atoms with Crippen molar-refractivity contribution in [1.82, 2.24) is 10.2 Å². The molecule has 1 aliphatic rings. The van der Waals surface area contributed by atoms with Crippen molar-refractivity contribution in [3.05, 3.63) is 69.0 Å². The molecule has 0 aliphatic carbocycles. The lowest BCUT2D eigenvalue weighted by atomic mass is 10.1. The number of nitrogens with one attached hydrogen (secondary N) is 1. The van der Waals surface area contributed by atoms with E-state index in [0.717, 1.165) is 48.6 Å². The van der Waals surface area contributed by atoms with Crippen molar-refractivity contribution in [3.8, 4) is 0 Å². The fourth-order valence-corrected chi connectivity index (χ4v) is 4.09. The molecule has 6 heteroatoms. The van der Waals surface area contributed by atoms with Gasteiger partial charge in [0.05, 0.1) is 11.4 Å². The molecule has 1 saturated heterocycles. The smallest absolute Gasteiger partial charge is 0.287 e. The molecule has 2 aromatic heterocycles. The highest BCUT2D eigenvalue weighted by Crippen LogP contribution is 2.26. The molecule has 3 aromatic rings. The third-order valence-corrected chi connectivity index (χ3v) is 5.51. The van der Waals surface area contributed by atoms with Crippen LogP contribution in [0.2, 0.25) is 0 Å². The minimum absolute atomic E-state index is 0.0326. The van der Waals surface area contributed by atoms with Gasteiger partial charge in [0.15, 0.2) is 11.2 Å². The molecule has 1 unspecified atom stereocenters. The van der Waals surface area contributed by atoms with Gasteiger partial charge in [-0.2, -0.15) is 0 Å². The summed E-state index contributed by atoms with van der Waals surface area (Å²) >= 11 is 0. The number of fused-ring (bicyclic) bond motifs is 1. The lowest BCUT2D eigenvalue weighted by Crippen LogP contribution is -2.36. The standard InChI is InChI=1S/C23H26N2O4/c1-14-10-15(2)22-17(11-14)19(26)12-21(29-22)23(27)24-13-18(25-8-4-5-9-25)20-7-6-16(3)28-20/h6-7,10-12,18H,4-5,8-9,13H2,1-3H3,(H,24,27). The van der Waals surface area contributed by atoms with Crippen LogP contribution in [0.25, 0.3) is 11.0 Å². The molecule has 0 saturated carbocycles. The highest BCUT2D eigenvalue weighted by Gasteiger charge is 2.27. The second kappa shape index (κ2) is 7.87. The molecule has 1 atom stereocenters. The van der Waals surface area contributed by atoms with E-state index in [1.54, 1.807) is 6.07 Å². The van der Waals surface area contributed by atoms with Gasteiger partial charge in [0, 0.05) is 12.6 Å². The maximum Gasteiger partial charge on any atom is 0.287 e. The highest BCUT2D eigenvalue weighted by atomic mass is 16.3. The zero-order valence-corrected chi connectivity index (χ0v) is 17.1. The van der Waals surface area contributed by atoms with E-state index in [9.17, 15) is 9.59 Å². The second-order valence-corrected chi connectivity index (χ2v) is 7.85. The summed E-state index contributed by atoms with van der Waals surface area (Å²) in [6, 6.07) is 8.87. The molecule has 0 bridgehead atoms. The predicted molar refractivity (Wildman–Crippen MR) is 111 cm³/mol. The van der Waals surface area contributed by atoms with Crippen LogP contribution in [0.5, 0.6) is 0 Å². The molecular formula is C23H26N2O4. The number of furan rings is 1. The number of aryl methyl sites for hydroxylation is 3. The first kappa shape index (κ1) is 19.5. The van der Waals surface area contributed by atoms with E-state index in [2.05, 4.69) is 10.2 Å². The Morgan fingerprint density at radius 2 is 1.86 bits per heavy atom. The van der Waals surface area contributed by atoms with Gasteiger partial charge in [-0.1, -0.05) is 6.07 Å². The lowest BCUT2D eigenvalue weighted by molar-refractivity contribution is 0.0906. The van der Waals surface area contributed by atoms with E-state index in [0.29, 0.717) is 17.5 Å². The number of rotatable bonds is 5. The van der Waals surface area contributed by atoms with Crippen molar-refractivity contribution in [1.29, 1.82) is 0 Å². The van der Waals surface area contributed by atoms with Gasteiger partial charge in [0.1, 0.15) is 17.1 Å². The average molecular weight is 394 g/mol. The molecule has 3 heterocycles. The first-order valence-electron chi connectivity index (χ1n) is 10.1. The highest BCUT2D eigenvalue weighted by molar-refractivity contribution is 5.93. The SMILES string of the molecule is Cc1cc(C)c2oc(C(=O)NCC(c3ccc(C)o3)N3CCCC3)cc(=O)c2c1. The molecule has 6 nitrogen and oxygen atoms in total. The lowest BCUT2D eigenvalue weighted by Gasteiger charge is -2.26. The summed E-state index contributed by atoms with van der Waals surface area (Å²) in [4.78, 5) is 27.6. The van der Waals surface area contributed by atoms with E-state index in [1.807, 2.05) is 39.0 Å². The number of amides is 1. The van der Waals surface area contributed by atoms with Gasteiger partial charge in [-0.15, -0.1) is 0 Å². The van der Waals surface area contributed by atoms with Crippen molar-refractivity contribution < 1.29 is 13.6 Å². The second-order valence-electron chi connectivity index (χ2n) is 7.85. The molecule has 0 radical (unpaired) electrons. The Morgan fingerprint density at radius 1 is 1.10 bits per heavy atom. The quantitative estimate of drug-likeness (QED) is 0.711. The zero-order chi connectivity index (χ0) is 20.5. The summed E-state index contributed by atoms with van der Waals surface area (Å²) in [6.07, 6.45) is 2.28. The third kappa shape index (κ3) is 3.98. The molecule has 1 aromatic carbocycles. The van der Waals surface area contributed by atoms with Crippen LogP contribution in [0.1, 0.15) is 52.1 Å². The molecule has 1 amide bonds. The Hall–Kier alpha value is -2.86. The Balaban J connectivity index is 1.57. The van der Waals surface area contributed by atoms with Gasteiger partial charge in [0.2, 0.25) is 0 Å². The maximum absolute atomic E-state index is 12.8. The van der Waals surface area contributed by atoms with E-state index in [-0.39, 0.29) is 17.2 Å². The number of carbonyl (C=O) groups is 1. The van der Waals surface area contributed by atoms with Crippen LogP contribution in [0.3, 0.4) is 0 Å². The maximum atomic E-state index is 12.8. The Kier molecular flexibility index (Phi) is 5.28. The van der Waals surface area contributed by atoms with Gasteiger partial charge >= 0.3 is 0 Å². The van der Waals surface area contributed by atoms with E-state index >= 15 is 0 Å². The normalized spacial score (nSPS) is 15.7. The van der Waals surface area contributed by atoms with E-state index in [1.165, 1.54) is 6.07 Å². The largest absolute Gasteiger partial charge is 0.465 e. The summed E-state index contributed by atoms with van der Waals surface area (Å²) in [5.41, 5.74) is 2.08. The number of hydrogen-bond acceptors (Lipinski definition) is 5. The van der Waals surface area contributed by atoms with Crippen molar-refractivity contribution in [2.24, 2.45) is 0 Å². The molecule has 0 spiro atoms. The molecule has 4 rings (SSSR count). The van der Waals surface area contributed by atoms with Gasteiger partial charge in [-0.05, 0) is 76.0 Å². The van der Waals surface area contributed by atoms with Crippen LogP contribution in [0.15, 0.2) is 44.0 Å². The zero-order valence-electron chi connectivity index (χ0n) is 17.1. The van der Waals surface area contributed by atoms with Crippen molar-refractivity contribution >= 4 is 16.9 Å². The molecule has 1 N–H and O–H groups in total. The number of likely N-dealkylation sites (tertiary alicyclic amines) is 1. The Bertz CT molecular complexity index is 1110. The fraction of sp³-hybridized carbons (Fsp3) is 0.391. The van der Waals surface area contributed by atoms with Crippen molar-refractivity contribution in [2.45, 2.75) is 39.7 Å². The van der Waals surface area contributed by atoms with Gasteiger partial charge in [0.25, 0.3) is 5.91 Å². The van der Waals surface area contributed by atoms with Crippen LogP contribution in [0, 0.1) is 20.8 Å². The number of carbonyl (C=O) groups excluding carboxylic acids is 1. The van der Waals surface area contributed by atoms with Crippen LogP contribution in [-0.4, -0.2) is 30.4 Å². The molecule has 152 valence electrons. The molecule has 29 heavy (non-hydrogen) atoms. The fourth-order valence-electron chi connectivity index (χ4n) is 4.09. The molecule has 1 aliphatic heterocycles. The summed E-state index contributed by atoms with van der Waals surface area (Å²) in [5, 5.41) is 3.43. The van der Waals surface area contributed by atoms with Crippen molar-refractivity contribution in [2.75, 3.05) is 19.6 Å². The minimum Gasteiger partial charge on any atom is -0.465 e. The number of hydrogen-bond donors (Lipinski definition) is 1. The number of benzene rings is 1. The summed E-state index contributed by atoms with van der Waals surface area (Å²) < 4.78 is 11.6. The summed E-state index contributed by atoms with van der Waals surface area (Å²) in [6.45, 7) is 8.06. The first-order valence-corrected chi connectivity index (χ1v) is 10.1. The van der Waals surface area contributed by atoms with Crippen LogP contribution >= 0.6 is 0 Å². The monoisotopic (exact) mass is 394 g/mol. The van der Waals surface area contributed by atoms with Gasteiger partial charge in [-0.25, -0.2) is 0 Å². The average Bonchev–Trinajstić information content (AvgIpc) is 3.35. The van der Waals surface area contributed by atoms with E-state index < -0.39 is 5.91 Å². The topological polar surface area (TPSA) is 75.7 Å². The van der Waals surface area contributed by atoms with Crippen molar-refractivity contribution in [3.63, 3.8) is 0 Å². The van der Waals surface area contributed by atoms with Crippen LogP contribution < -0.4 is 10.7 Å². The van der Waals surface area contributed by atoms with Crippen LogP contribution in [0.4, 0.5) is 0 Å². The summed E-state index contributed by atoms with van der Waals surface area (Å²) in [5.74, 6) is 1.33. The Labute approximate surface area is 169 Å². The van der Waals surface area contributed by atoms with Gasteiger partial charge in [-0.3, -0.25) is 14.5 Å². The molecular weight excluding hydrogens is 368 g/mol.